The molecule has 16 heavy (non-hydrogen) atoms. The van der Waals surface area contributed by atoms with Gasteiger partial charge in [0.05, 0.1) is 6.26 Å². The Bertz CT molecular complexity index is 297. The van der Waals surface area contributed by atoms with Gasteiger partial charge >= 0.3 is 0 Å². The van der Waals surface area contributed by atoms with Crippen LogP contribution in [0.5, 0.6) is 0 Å². The zero-order valence-corrected chi connectivity index (χ0v) is 9.82. The van der Waals surface area contributed by atoms with Gasteiger partial charge in [0.2, 0.25) is 0 Å². The summed E-state index contributed by atoms with van der Waals surface area (Å²) in [6, 6.07) is 3.62. The van der Waals surface area contributed by atoms with Gasteiger partial charge in [-0.1, -0.05) is 25.7 Å². The Morgan fingerprint density at radius 2 is 2.00 bits per heavy atom. The first kappa shape index (κ1) is 11.7. The zero-order chi connectivity index (χ0) is 11.4. The highest BCUT2D eigenvalue weighted by atomic mass is 16.5. The molecular weight excluding hydrogens is 204 g/mol. The van der Waals surface area contributed by atoms with Crippen LogP contribution < -0.4 is 0 Å². The highest BCUT2D eigenvalue weighted by Crippen LogP contribution is 2.40. The van der Waals surface area contributed by atoms with Gasteiger partial charge < -0.3 is 14.3 Å². The molecule has 0 bridgehead atoms. The topological polar surface area (TPSA) is 42.6 Å². The van der Waals surface area contributed by atoms with E-state index >= 15 is 0 Å². The van der Waals surface area contributed by atoms with Crippen molar-refractivity contribution in [3.8, 4) is 0 Å². The average Bonchev–Trinajstić information content (AvgIpc) is 2.73. The fraction of sp³-hybridized carbons (Fsp3) is 0.692. The van der Waals surface area contributed by atoms with Gasteiger partial charge in [-0.25, -0.2) is 0 Å². The van der Waals surface area contributed by atoms with E-state index in [9.17, 15) is 5.11 Å². The van der Waals surface area contributed by atoms with Crippen molar-refractivity contribution in [2.45, 2.75) is 50.2 Å². The minimum absolute atomic E-state index is 0.450. The number of aliphatic hydroxyl groups excluding tert-OH is 1. The molecule has 1 N–H and O–H groups in total. The van der Waals surface area contributed by atoms with Crippen LogP contribution in [0, 0.1) is 0 Å². The predicted molar refractivity (Wildman–Crippen MR) is 61.1 cm³/mol. The first-order chi connectivity index (χ1) is 7.78. The zero-order valence-electron chi connectivity index (χ0n) is 9.82. The first-order valence-electron chi connectivity index (χ1n) is 6.05. The smallest absolute Gasteiger partial charge is 0.140 e. The third-order valence-electron chi connectivity index (χ3n) is 3.67. The van der Waals surface area contributed by atoms with Gasteiger partial charge in [-0.2, -0.15) is 0 Å². The van der Waals surface area contributed by atoms with Crippen LogP contribution in [0.25, 0.3) is 0 Å². The molecule has 3 nitrogen and oxygen atoms in total. The number of rotatable bonds is 3. The fourth-order valence-electron chi connectivity index (χ4n) is 2.62. The Labute approximate surface area is 96.4 Å². The molecule has 1 heterocycles. The molecule has 90 valence electrons. The molecule has 0 spiro atoms. The van der Waals surface area contributed by atoms with Crippen molar-refractivity contribution in [2.75, 3.05) is 7.11 Å². The van der Waals surface area contributed by atoms with Crippen molar-refractivity contribution in [3.05, 3.63) is 24.2 Å². The summed E-state index contributed by atoms with van der Waals surface area (Å²) in [7, 11) is 1.69. The van der Waals surface area contributed by atoms with Crippen molar-refractivity contribution >= 4 is 0 Å². The Hall–Kier alpha value is -0.800. The predicted octanol–water partition coefficient (Wildman–Crippen LogP) is 3.05. The second-order valence-corrected chi connectivity index (χ2v) is 4.60. The number of methoxy groups -OCH3 is 1. The van der Waals surface area contributed by atoms with Crippen LogP contribution in [0.4, 0.5) is 0 Å². The second-order valence-electron chi connectivity index (χ2n) is 4.60. The van der Waals surface area contributed by atoms with E-state index in [2.05, 4.69) is 0 Å². The highest BCUT2D eigenvalue weighted by Gasteiger charge is 2.40. The quantitative estimate of drug-likeness (QED) is 0.802. The van der Waals surface area contributed by atoms with E-state index in [4.69, 9.17) is 9.15 Å². The van der Waals surface area contributed by atoms with Crippen LogP contribution in [-0.2, 0) is 4.74 Å². The third-order valence-corrected chi connectivity index (χ3v) is 3.67. The van der Waals surface area contributed by atoms with Gasteiger partial charge in [0.25, 0.3) is 0 Å². The number of ether oxygens (including phenoxy) is 1. The molecule has 0 saturated heterocycles. The maximum Gasteiger partial charge on any atom is 0.140 e. The molecule has 2 rings (SSSR count). The lowest BCUT2D eigenvalue weighted by atomic mass is 9.87. The Balaban J connectivity index is 2.18. The van der Waals surface area contributed by atoms with Gasteiger partial charge in [0.1, 0.15) is 17.5 Å². The molecule has 0 aromatic carbocycles. The van der Waals surface area contributed by atoms with Crippen LogP contribution in [0.2, 0.25) is 0 Å². The monoisotopic (exact) mass is 224 g/mol. The summed E-state index contributed by atoms with van der Waals surface area (Å²) in [6.45, 7) is 0. The van der Waals surface area contributed by atoms with E-state index in [-0.39, 0.29) is 0 Å². The summed E-state index contributed by atoms with van der Waals surface area (Å²) in [5, 5.41) is 10.4. The highest BCUT2D eigenvalue weighted by molar-refractivity contribution is 5.08. The number of furan rings is 1. The normalized spacial score (nSPS) is 22.6. The van der Waals surface area contributed by atoms with Crippen molar-refractivity contribution in [2.24, 2.45) is 0 Å². The summed E-state index contributed by atoms with van der Waals surface area (Å²) in [5.41, 5.74) is -0.450. The van der Waals surface area contributed by atoms with E-state index < -0.39 is 11.7 Å². The summed E-state index contributed by atoms with van der Waals surface area (Å²) < 4.78 is 10.9. The van der Waals surface area contributed by atoms with E-state index in [1.54, 1.807) is 19.4 Å². The molecule has 1 aromatic rings. The van der Waals surface area contributed by atoms with Crippen molar-refractivity contribution in [1.82, 2.24) is 0 Å². The standard InChI is InChI=1S/C13H20O3/c1-15-13(8-4-2-3-5-9-13)12(14)11-7-6-10-16-11/h6-7,10,12,14H,2-5,8-9H2,1H3. The SMILES string of the molecule is COC1(C(O)c2ccco2)CCCCCC1. The van der Waals surface area contributed by atoms with Gasteiger partial charge in [0.15, 0.2) is 0 Å². The van der Waals surface area contributed by atoms with Gasteiger partial charge in [-0.15, -0.1) is 0 Å². The van der Waals surface area contributed by atoms with E-state index in [0.29, 0.717) is 5.76 Å². The van der Waals surface area contributed by atoms with Crippen molar-refractivity contribution < 1.29 is 14.3 Å². The minimum atomic E-state index is -0.648. The van der Waals surface area contributed by atoms with Crippen molar-refractivity contribution in [3.63, 3.8) is 0 Å². The van der Waals surface area contributed by atoms with Crippen LogP contribution in [0.1, 0.15) is 50.4 Å². The molecule has 0 radical (unpaired) electrons. The molecule has 1 aromatic heterocycles. The van der Waals surface area contributed by atoms with Gasteiger partial charge in [0, 0.05) is 7.11 Å². The molecule has 0 aliphatic heterocycles. The second kappa shape index (κ2) is 5.02. The first-order valence-corrected chi connectivity index (χ1v) is 6.05. The summed E-state index contributed by atoms with van der Waals surface area (Å²) in [6.07, 6.45) is 7.46. The maximum atomic E-state index is 10.4. The van der Waals surface area contributed by atoms with Crippen LogP contribution >= 0.6 is 0 Å². The van der Waals surface area contributed by atoms with Gasteiger partial charge in [-0.05, 0) is 25.0 Å². The van der Waals surface area contributed by atoms with Crippen molar-refractivity contribution in [1.29, 1.82) is 0 Å². The molecule has 1 unspecified atom stereocenters. The van der Waals surface area contributed by atoms with E-state index in [0.717, 1.165) is 25.7 Å². The lowest BCUT2D eigenvalue weighted by molar-refractivity contribution is -0.120. The Kier molecular flexibility index (Phi) is 3.66. The lowest BCUT2D eigenvalue weighted by Gasteiger charge is -2.35. The van der Waals surface area contributed by atoms with E-state index in [1.165, 1.54) is 12.8 Å². The lowest BCUT2D eigenvalue weighted by Crippen LogP contribution is -2.38. The molecule has 1 atom stereocenters. The molecule has 3 heteroatoms. The fourth-order valence-corrected chi connectivity index (χ4v) is 2.62. The molecule has 1 saturated carbocycles. The average molecular weight is 224 g/mol. The Morgan fingerprint density at radius 3 is 2.50 bits per heavy atom. The molecule has 0 amide bonds. The van der Waals surface area contributed by atoms with E-state index in [1.807, 2.05) is 6.07 Å². The minimum Gasteiger partial charge on any atom is -0.466 e. The third kappa shape index (κ3) is 2.15. The Morgan fingerprint density at radius 1 is 1.31 bits per heavy atom. The number of hydrogen-bond donors (Lipinski definition) is 1. The maximum absolute atomic E-state index is 10.4. The summed E-state index contributed by atoms with van der Waals surface area (Å²) >= 11 is 0. The van der Waals surface area contributed by atoms with Gasteiger partial charge in [-0.3, -0.25) is 0 Å². The van der Waals surface area contributed by atoms with Crippen LogP contribution in [0.15, 0.2) is 22.8 Å². The van der Waals surface area contributed by atoms with Crippen LogP contribution in [-0.4, -0.2) is 17.8 Å². The molecular formula is C13H20O3. The molecule has 1 fully saturated rings. The summed E-state index contributed by atoms with van der Waals surface area (Å²) in [4.78, 5) is 0. The number of aliphatic hydroxyl groups is 1. The largest absolute Gasteiger partial charge is 0.466 e. The summed E-state index contributed by atoms with van der Waals surface area (Å²) in [5.74, 6) is 0.615. The molecule has 1 aliphatic carbocycles. The molecule has 1 aliphatic rings. The number of hydrogen-bond acceptors (Lipinski definition) is 3. The van der Waals surface area contributed by atoms with Crippen LogP contribution in [0.3, 0.4) is 0 Å².